The third-order valence-electron chi connectivity index (χ3n) is 2.91. The van der Waals surface area contributed by atoms with E-state index in [0.717, 1.165) is 32.1 Å². The molecule has 0 aromatic heterocycles. The maximum Gasteiger partial charge on any atom is 0.313 e. The van der Waals surface area contributed by atoms with Crippen LogP contribution in [-0.2, 0) is 14.3 Å². The molecule has 0 aliphatic carbocycles. The van der Waals surface area contributed by atoms with Crippen LogP contribution in [0.4, 0.5) is 0 Å². The van der Waals surface area contributed by atoms with Gasteiger partial charge < -0.3 is 4.74 Å². The molecule has 0 amide bonds. The smallest absolute Gasteiger partial charge is 0.313 e. The van der Waals surface area contributed by atoms with Gasteiger partial charge in [-0.3, -0.25) is 9.59 Å². The van der Waals surface area contributed by atoms with Crippen molar-refractivity contribution in [2.75, 3.05) is 6.61 Å². The average molecular weight is 256 g/mol. The maximum absolute atomic E-state index is 11.5. The van der Waals surface area contributed by atoms with Crippen molar-refractivity contribution in [3.05, 3.63) is 0 Å². The molecule has 0 aromatic rings. The second-order valence-electron chi connectivity index (χ2n) is 4.81. The van der Waals surface area contributed by atoms with E-state index in [1.807, 2.05) is 0 Å². The summed E-state index contributed by atoms with van der Waals surface area (Å²) >= 11 is 0. The fourth-order valence-corrected chi connectivity index (χ4v) is 1.76. The molecule has 0 aliphatic rings. The van der Waals surface area contributed by atoms with Crippen LogP contribution >= 0.6 is 0 Å². The summed E-state index contributed by atoms with van der Waals surface area (Å²) in [5, 5.41) is 0. The molecule has 106 valence electrons. The summed E-state index contributed by atoms with van der Waals surface area (Å²) in [4.78, 5) is 22.8. The molecule has 0 bridgehead atoms. The zero-order valence-corrected chi connectivity index (χ0v) is 12.0. The van der Waals surface area contributed by atoms with Gasteiger partial charge in [0.15, 0.2) is 0 Å². The normalized spacial score (nSPS) is 10.3. The van der Waals surface area contributed by atoms with Crippen molar-refractivity contribution in [3.8, 4) is 0 Å². The number of hydrogen-bond donors (Lipinski definition) is 0. The molecule has 0 aliphatic heterocycles. The van der Waals surface area contributed by atoms with Gasteiger partial charge in [-0.1, -0.05) is 52.4 Å². The lowest BCUT2D eigenvalue weighted by Gasteiger charge is -2.04. The predicted octanol–water partition coefficient (Wildman–Crippen LogP) is 4.04. The summed E-state index contributed by atoms with van der Waals surface area (Å²) in [5.74, 6) is -0.336. The van der Waals surface area contributed by atoms with Crippen LogP contribution in [0.3, 0.4) is 0 Å². The highest BCUT2D eigenvalue weighted by atomic mass is 16.5. The Bertz CT molecular complexity index is 224. The number of Topliss-reactive ketones (excluding diaryl/α,β-unsaturated/α-hetero) is 1. The Morgan fingerprint density at radius 1 is 0.833 bits per heavy atom. The first-order chi connectivity index (χ1) is 8.70. The van der Waals surface area contributed by atoms with Gasteiger partial charge in [-0.2, -0.15) is 0 Å². The zero-order valence-electron chi connectivity index (χ0n) is 12.0. The van der Waals surface area contributed by atoms with E-state index in [4.69, 9.17) is 4.74 Å². The molecular weight excluding hydrogens is 228 g/mol. The minimum Gasteiger partial charge on any atom is -0.465 e. The largest absolute Gasteiger partial charge is 0.465 e. The average Bonchev–Trinajstić information content (AvgIpc) is 2.34. The van der Waals surface area contributed by atoms with Crippen molar-refractivity contribution in [2.45, 2.75) is 78.1 Å². The van der Waals surface area contributed by atoms with Crippen molar-refractivity contribution in [1.82, 2.24) is 0 Å². The number of esters is 1. The summed E-state index contributed by atoms with van der Waals surface area (Å²) in [5.41, 5.74) is 0. The molecule has 0 heterocycles. The summed E-state index contributed by atoms with van der Waals surface area (Å²) < 4.78 is 5.00. The van der Waals surface area contributed by atoms with Crippen LogP contribution in [0.5, 0.6) is 0 Å². The van der Waals surface area contributed by atoms with Crippen LogP contribution in [0, 0.1) is 0 Å². The fraction of sp³-hybridized carbons (Fsp3) is 0.867. The molecule has 0 spiro atoms. The van der Waals surface area contributed by atoms with E-state index in [1.54, 1.807) is 0 Å². The van der Waals surface area contributed by atoms with Crippen molar-refractivity contribution in [2.24, 2.45) is 0 Å². The molecular formula is C15H28O3. The number of unbranched alkanes of at least 4 members (excludes halogenated alkanes) is 6. The molecule has 0 unspecified atom stereocenters. The summed E-state index contributed by atoms with van der Waals surface area (Å²) in [7, 11) is 0. The van der Waals surface area contributed by atoms with E-state index < -0.39 is 0 Å². The minimum absolute atomic E-state index is 0.0204. The fourth-order valence-electron chi connectivity index (χ4n) is 1.76. The molecule has 0 saturated carbocycles. The van der Waals surface area contributed by atoms with Crippen LogP contribution in [-0.4, -0.2) is 18.4 Å². The van der Waals surface area contributed by atoms with Crippen LogP contribution in [0.1, 0.15) is 78.1 Å². The molecule has 0 N–H and O–H groups in total. The Balaban J connectivity index is 3.41. The first-order valence-corrected chi connectivity index (χ1v) is 7.38. The molecule has 0 saturated heterocycles. The third-order valence-corrected chi connectivity index (χ3v) is 2.91. The van der Waals surface area contributed by atoms with Crippen LogP contribution in [0.15, 0.2) is 0 Å². The Kier molecular flexibility index (Phi) is 12.0. The van der Waals surface area contributed by atoms with Crippen molar-refractivity contribution >= 4 is 11.8 Å². The first-order valence-electron chi connectivity index (χ1n) is 7.38. The standard InChI is InChI=1S/C15H28O3/c1-3-5-7-8-9-11-14(16)13-15(17)18-12-10-6-4-2/h3-13H2,1-2H3. The topological polar surface area (TPSA) is 43.4 Å². The molecule has 3 nitrogen and oxygen atoms in total. The molecule has 0 atom stereocenters. The third kappa shape index (κ3) is 11.6. The highest BCUT2D eigenvalue weighted by molar-refractivity contribution is 5.95. The molecule has 3 heteroatoms. The van der Waals surface area contributed by atoms with Gasteiger partial charge in [0, 0.05) is 6.42 Å². The van der Waals surface area contributed by atoms with E-state index >= 15 is 0 Å². The summed E-state index contributed by atoms with van der Waals surface area (Å²) in [6.07, 6.45) is 9.16. The Labute approximate surface area is 111 Å². The zero-order chi connectivity index (χ0) is 13.6. The van der Waals surface area contributed by atoms with Gasteiger partial charge in [-0.15, -0.1) is 0 Å². The van der Waals surface area contributed by atoms with Gasteiger partial charge in [0.2, 0.25) is 0 Å². The van der Waals surface area contributed by atoms with Gasteiger partial charge in [-0.25, -0.2) is 0 Å². The predicted molar refractivity (Wildman–Crippen MR) is 73.5 cm³/mol. The lowest BCUT2D eigenvalue weighted by atomic mass is 10.1. The lowest BCUT2D eigenvalue weighted by Crippen LogP contribution is -2.12. The number of rotatable bonds is 12. The first kappa shape index (κ1) is 17.1. The number of carbonyl (C=O) groups is 2. The molecule has 18 heavy (non-hydrogen) atoms. The second kappa shape index (κ2) is 12.6. The van der Waals surface area contributed by atoms with Gasteiger partial charge in [0.1, 0.15) is 12.2 Å². The van der Waals surface area contributed by atoms with E-state index in [-0.39, 0.29) is 18.2 Å². The summed E-state index contributed by atoms with van der Waals surface area (Å²) in [6, 6.07) is 0. The van der Waals surface area contributed by atoms with Crippen molar-refractivity contribution < 1.29 is 14.3 Å². The quantitative estimate of drug-likeness (QED) is 0.301. The van der Waals surface area contributed by atoms with E-state index in [1.165, 1.54) is 19.3 Å². The molecule has 0 rings (SSSR count). The lowest BCUT2D eigenvalue weighted by molar-refractivity contribution is -0.146. The van der Waals surface area contributed by atoms with Gasteiger partial charge >= 0.3 is 5.97 Å². The Hall–Kier alpha value is -0.860. The SMILES string of the molecule is CCCCCCCC(=O)CC(=O)OCCCCC. The summed E-state index contributed by atoms with van der Waals surface area (Å²) in [6.45, 7) is 4.72. The highest BCUT2D eigenvalue weighted by Crippen LogP contribution is 2.07. The van der Waals surface area contributed by atoms with E-state index in [9.17, 15) is 9.59 Å². The second-order valence-corrected chi connectivity index (χ2v) is 4.81. The molecule has 0 aromatic carbocycles. The maximum atomic E-state index is 11.5. The van der Waals surface area contributed by atoms with Crippen molar-refractivity contribution in [1.29, 1.82) is 0 Å². The monoisotopic (exact) mass is 256 g/mol. The molecule has 0 fully saturated rings. The van der Waals surface area contributed by atoms with E-state index in [0.29, 0.717) is 13.0 Å². The van der Waals surface area contributed by atoms with Crippen LogP contribution in [0.25, 0.3) is 0 Å². The van der Waals surface area contributed by atoms with Crippen LogP contribution < -0.4 is 0 Å². The Morgan fingerprint density at radius 3 is 2.11 bits per heavy atom. The number of hydrogen-bond acceptors (Lipinski definition) is 3. The van der Waals surface area contributed by atoms with E-state index in [2.05, 4.69) is 13.8 Å². The highest BCUT2D eigenvalue weighted by Gasteiger charge is 2.10. The minimum atomic E-state index is -0.357. The van der Waals surface area contributed by atoms with Gasteiger partial charge in [-0.05, 0) is 12.8 Å². The number of ether oxygens (including phenoxy) is 1. The Morgan fingerprint density at radius 2 is 1.44 bits per heavy atom. The van der Waals surface area contributed by atoms with Crippen LogP contribution in [0.2, 0.25) is 0 Å². The van der Waals surface area contributed by atoms with Gasteiger partial charge in [0.05, 0.1) is 6.61 Å². The van der Waals surface area contributed by atoms with Gasteiger partial charge in [0.25, 0.3) is 0 Å². The molecule has 0 radical (unpaired) electrons. The number of ketones is 1. The van der Waals surface area contributed by atoms with Crippen molar-refractivity contribution in [3.63, 3.8) is 0 Å². The number of carbonyl (C=O) groups excluding carboxylic acids is 2.